The second-order valence-corrected chi connectivity index (χ2v) is 6.49. The van der Waals surface area contributed by atoms with Gasteiger partial charge in [-0.25, -0.2) is 5.06 Å². The molecule has 0 unspecified atom stereocenters. The van der Waals surface area contributed by atoms with Gasteiger partial charge in [-0.3, -0.25) is 14.6 Å². The zero-order chi connectivity index (χ0) is 21.6. The van der Waals surface area contributed by atoms with Crippen LogP contribution in [0.1, 0.15) is 27.0 Å². The molecule has 5 nitrogen and oxygen atoms in total. The molecule has 1 amide bonds. The normalized spacial score (nSPS) is 11.2. The second kappa shape index (κ2) is 9.41. The molecule has 2 aromatic carbocycles. The summed E-state index contributed by atoms with van der Waals surface area (Å²) in [5, 5.41) is 4.13. The number of hydrogen-bond acceptors (Lipinski definition) is 4. The number of carbonyl (C=O) groups is 1. The lowest BCUT2D eigenvalue weighted by Crippen LogP contribution is -2.28. The van der Waals surface area contributed by atoms with E-state index in [2.05, 4.69) is 10.3 Å². The molecule has 156 valence electrons. The van der Waals surface area contributed by atoms with Gasteiger partial charge < -0.3 is 5.32 Å². The first kappa shape index (κ1) is 21.3. The van der Waals surface area contributed by atoms with E-state index in [1.54, 1.807) is 36.7 Å². The Morgan fingerprint density at radius 3 is 2.43 bits per heavy atom. The minimum absolute atomic E-state index is 0.0475. The summed E-state index contributed by atoms with van der Waals surface area (Å²) in [5.41, 5.74) is 1.09. The number of nitrogens with one attached hydrogen (secondary N) is 1. The number of nitrogens with zero attached hydrogens (tertiary/aromatic N) is 2. The smallest absolute Gasteiger partial charge is 0.380 e. The fraction of sp³-hybridized carbons (Fsp3) is 0.182. The Labute approximate surface area is 172 Å². The average molecular weight is 415 g/mol. The number of pyridine rings is 1. The van der Waals surface area contributed by atoms with Crippen molar-refractivity contribution in [3.8, 4) is 0 Å². The number of anilines is 1. The van der Waals surface area contributed by atoms with Gasteiger partial charge in [-0.05, 0) is 41.5 Å². The third kappa shape index (κ3) is 5.36. The van der Waals surface area contributed by atoms with Crippen LogP contribution in [0.5, 0.6) is 0 Å². The number of para-hydroxylation sites is 1. The van der Waals surface area contributed by atoms with E-state index in [4.69, 9.17) is 4.84 Å². The highest BCUT2D eigenvalue weighted by atomic mass is 19.4. The molecule has 0 radical (unpaired) electrons. The maximum Gasteiger partial charge on any atom is 0.416 e. The van der Waals surface area contributed by atoms with Crippen LogP contribution in [-0.2, 0) is 24.2 Å². The van der Waals surface area contributed by atoms with Crippen LogP contribution in [0.25, 0.3) is 0 Å². The SMILES string of the molecule is CN(OCc1ccccc1C(F)(F)F)C(=O)c1ccccc1NCc1ccncc1. The van der Waals surface area contributed by atoms with E-state index in [9.17, 15) is 18.0 Å². The first-order valence-corrected chi connectivity index (χ1v) is 9.14. The molecule has 0 spiro atoms. The maximum absolute atomic E-state index is 13.1. The van der Waals surface area contributed by atoms with E-state index in [0.717, 1.165) is 16.7 Å². The van der Waals surface area contributed by atoms with E-state index < -0.39 is 17.6 Å². The molecule has 0 saturated heterocycles. The van der Waals surface area contributed by atoms with Crippen LogP contribution < -0.4 is 5.32 Å². The number of benzene rings is 2. The number of halogens is 3. The van der Waals surface area contributed by atoms with Crippen LogP contribution in [-0.4, -0.2) is 23.0 Å². The van der Waals surface area contributed by atoms with Gasteiger partial charge in [-0.1, -0.05) is 30.3 Å². The number of alkyl halides is 3. The van der Waals surface area contributed by atoms with Crippen LogP contribution in [0, 0.1) is 0 Å². The van der Waals surface area contributed by atoms with Crippen LogP contribution in [0.2, 0.25) is 0 Å². The van der Waals surface area contributed by atoms with Crippen LogP contribution >= 0.6 is 0 Å². The lowest BCUT2D eigenvalue weighted by molar-refractivity contribution is -0.143. The zero-order valence-electron chi connectivity index (χ0n) is 16.2. The van der Waals surface area contributed by atoms with Gasteiger partial charge in [-0.15, -0.1) is 0 Å². The summed E-state index contributed by atoms with van der Waals surface area (Å²) in [4.78, 5) is 22.1. The van der Waals surface area contributed by atoms with Gasteiger partial charge in [0, 0.05) is 31.7 Å². The number of hydrogen-bond donors (Lipinski definition) is 1. The molecule has 0 aliphatic heterocycles. The zero-order valence-corrected chi connectivity index (χ0v) is 16.2. The van der Waals surface area contributed by atoms with Crippen molar-refractivity contribution >= 4 is 11.6 Å². The quantitative estimate of drug-likeness (QED) is 0.557. The van der Waals surface area contributed by atoms with E-state index in [1.165, 1.54) is 25.2 Å². The lowest BCUT2D eigenvalue weighted by Gasteiger charge is -2.20. The molecule has 0 aliphatic carbocycles. The van der Waals surface area contributed by atoms with Gasteiger partial charge in [0.25, 0.3) is 5.91 Å². The Morgan fingerprint density at radius 1 is 1.03 bits per heavy atom. The number of hydroxylamine groups is 2. The molecule has 0 bridgehead atoms. The molecule has 0 atom stereocenters. The van der Waals surface area contributed by atoms with Crippen molar-refractivity contribution in [1.29, 1.82) is 0 Å². The summed E-state index contributed by atoms with van der Waals surface area (Å²) in [6.45, 7) is 0.0981. The standard InChI is InChI=1S/C22H20F3N3O2/c1-28(30-15-17-6-2-4-8-19(17)22(23,24)25)21(29)18-7-3-5-9-20(18)27-14-16-10-12-26-13-11-16/h2-13,27H,14-15H2,1H3. The summed E-state index contributed by atoms with van der Waals surface area (Å²) >= 11 is 0. The molecule has 1 heterocycles. The lowest BCUT2D eigenvalue weighted by atomic mass is 10.1. The average Bonchev–Trinajstić information content (AvgIpc) is 2.76. The molecule has 0 aliphatic rings. The number of amides is 1. The minimum Gasteiger partial charge on any atom is -0.380 e. The fourth-order valence-electron chi connectivity index (χ4n) is 2.84. The van der Waals surface area contributed by atoms with Gasteiger partial charge in [0.1, 0.15) is 6.61 Å². The first-order valence-electron chi connectivity index (χ1n) is 9.14. The molecule has 0 saturated carbocycles. The van der Waals surface area contributed by atoms with Crippen molar-refractivity contribution in [2.24, 2.45) is 0 Å². The van der Waals surface area contributed by atoms with Gasteiger partial charge in [0.05, 0.1) is 11.1 Å². The van der Waals surface area contributed by atoms with Crippen molar-refractivity contribution in [1.82, 2.24) is 10.0 Å². The van der Waals surface area contributed by atoms with Crippen LogP contribution in [0.3, 0.4) is 0 Å². The number of rotatable bonds is 7. The molecule has 8 heteroatoms. The van der Waals surface area contributed by atoms with E-state index >= 15 is 0 Å². The minimum atomic E-state index is -4.49. The summed E-state index contributed by atoms with van der Waals surface area (Å²) in [5.74, 6) is -0.475. The van der Waals surface area contributed by atoms with Crippen molar-refractivity contribution in [3.63, 3.8) is 0 Å². The van der Waals surface area contributed by atoms with E-state index in [1.807, 2.05) is 12.1 Å². The van der Waals surface area contributed by atoms with Crippen molar-refractivity contribution < 1.29 is 22.8 Å². The van der Waals surface area contributed by atoms with Crippen LogP contribution in [0.15, 0.2) is 73.1 Å². The first-order chi connectivity index (χ1) is 14.4. The molecule has 30 heavy (non-hydrogen) atoms. The molecule has 3 rings (SSSR count). The molecule has 1 N–H and O–H groups in total. The van der Waals surface area contributed by atoms with Crippen LogP contribution in [0.4, 0.5) is 18.9 Å². The number of carbonyl (C=O) groups excluding carboxylic acids is 1. The molecule has 1 aromatic heterocycles. The molecular formula is C22H20F3N3O2. The highest BCUT2D eigenvalue weighted by molar-refractivity contribution is 5.98. The van der Waals surface area contributed by atoms with Gasteiger partial charge >= 0.3 is 6.18 Å². The third-order valence-corrected chi connectivity index (χ3v) is 4.41. The van der Waals surface area contributed by atoms with E-state index in [-0.39, 0.29) is 12.2 Å². The Kier molecular flexibility index (Phi) is 6.68. The predicted molar refractivity (Wildman–Crippen MR) is 106 cm³/mol. The predicted octanol–water partition coefficient (Wildman–Crippen LogP) is 4.92. The Morgan fingerprint density at radius 2 is 1.70 bits per heavy atom. The van der Waals surface area contributed by atoms with Gasteiger partial charge in [-0.2, -0.15) is 13.2 Å². The topological polar surface area (TPSA) is 54.5 Å². The molecule has 3 aromatic rings. The summed E-state index contributed by atoms with van der Waals surface area (Å²) in [6.07, 6.45) is -1.14. The fourth-order valence-corrected chi connectivity index (χ4v) is 2.84. The highest BCUT2D eigenvalue weighted by Crippen LogP contribution is 2.32. The summed E-state index contributed by atoms with van der Waals surface area (Å²) in [7, 11) is 1.37. The highest BCUT2D eigenvalue weighted by Gasteiger charge is 2.33. The van der Waals surface area contributed by atoms with E-state index in [0.29, 0.717) is 17.8 Å². The van der Waals surface area contributed by atoms with Crippen molar-refractivity contribution in [3.05, 3.63) is 95.3 Å². The van der Waals surface area contributed by atoms with Gasteiger partial charge in [0.15, 0.2) is 0 Å². The maximum atomic E-state index is 13.1. The second-order valence-electron chi connectivity index (χ2n) is 6.49. The van der Waals surface area contributed by atoms with Crippen molar-refractivity contribution in [2.75, 3.05) is 12.4 Å². The van der Waals surface area contributed by atoms with Crippen molar-refractivity contribution in [2.45, 2.75) is 19.3 Å². The monoisotopic (exact) mass is 415 g/mol. The van der Waals surface area contributed by atoms with Gasteiger partial charge in [0.2, 0.25) is 0 Å². The number of aromatic nitrogens is 1. The Bertz CT molecular complexity index is 994. The molecule has 0 fully saturated rings. The third-order valence-electron chi connectivity index (χ3n) is 4.41. The Hall–Kier alpha value is -3.39. The summed E-state index contributed by atoms with van der Waals surface area (Å²) < 4.78 is 39.4. The largest absolute Gasteiger partial charge is 0.416 e. The molecular weight excluding hydrogens is 395 g/mol. The summed E-state index contributed by atoms with van der Waals surface area (Å²) in [6, 6.07) is 15.7. The Balaban J connectivity index is 1.68.